The lowest BCUT2D eigenvalue weighted by Gasteiger charge is -2.10. The summed E-state index contributed by atoms with van der Waals surface area (Å²) in [5, 5.41) is 12.1. The highest BCUT2D eigenvalue weighted by Crippen LogP contribution is 2.19. The van der Waals surface area contributed by atoms with E-state index >= 15 is 0 Å². The Bertz CT molecular complexity index is 1800. The Morgan fingerprint density at radius 2 is 1.61 bits per heavy atom. The first-order valence-electron chi connectivity index (χ1n) is 11.8. The van der Waals surface area contributed by atoms with Crippen LogP contribution in [-0.4, -0.2) is 31.8 Å². The molecule has 7 heteroatoms. The molecule has 1 N–H and O–H groups in total. The van der Waals surface area contributed by atoms with Crippen molar-refractivity contribution in [1.29, 1.82) is 0 Å². The Labute approximate surface area is 206 Å². The molecule has 0 fully saturated rings. The van der Waals surface area contributed by atoms with Gasteiger partial charge in [0, 0.05) is 12.1 Å². The van der Waals surface area contributed by atoms with Gasteiger partial charge in [0.25, 0.3) is 11.5 Å². The third-order valence-corrected chi connectivity index (χ3v) is 6.46. The summed E-state index contributed by atoms with van der Waals surface area (Å²) in [6, 6.07) is 27.8. The standard InChI is InChI=1S/C29H23N5O2/c35-28(23-13-12-20-6-1-2-8-22(20)16-23)30-14-15-34-27-26(17-32-34)29(36)33(19-31-27)18-24-10-5-9-21-7-3-4-11-25(21)24/h1-13,16-17,19H,14-15,18H2,(H,30,35). The maximum atomic E-state index is 13.2. The second kappa shape index (κ2) is 9.11. The van der Waals surface area contributed by atoms with Gasteiger partial charge >= 0.3 is 0 Å². The van der Waals surface area contributed by atoms with Gasteiger partial charge in [-0.3, -0.25) is 14.2 Å². The molecule has 0 spiro atoms. The summed E-state index contributed by atoms with van der Waals surface area (Å²) in [6.45, 7) is 1.20. The maximum Gasteiger partial charge on any atom is 0.264 e. The normalized spacial score (nSPS) is 11.3. The van der Waals surface area contributed by atoms with Crippen molar-refractivity contribution in [3.63, 3.8) is 0 Å². The molecule has 36 heavy (non-hydrogen) atoms. The number of amides is 1. The van der Waals surface area contributed by atoms with Crippen LogP contribution in [0.25, 0.3) is 32.6 Å². The van der Waals surface area contributed by atoms with E-state index in [1.165, 1.54) is 0 Å². The van der Waals surface area contributed by atoms with E-state index in [0.29, 0.717) is 36.2 Å². The smallest absolute Gasteiger partial charge is 0.264 e. The fraction of sp³-hybridized carbons (Fsp3) is 0.103. The molecule has 6 aromatic rings. The molecular weight excluding hydrogens is 450 g/mol. The Balaban J connectivity index is 1.17. The molecule has 0 saturated heterocycles. The molecule has 0 atom stereocenters. The fourth-order valence-corrected chi connectivity index (χ4v) is 4.60. The van der Waals surface area contributed by atoms with Crippen LogP contribution in [0, 0.1) is 0 Å². The van der Waals surface area contributed by atoms with E-state index in [9.17, 15) is 9.59 Å². The number of hydrogen-bond acceptors (Lipinski definition) is 4. The van der Waals surface area contributed by atoms with Crippen LogP contribution in [0.3, 0.4) is 0 Å². The molecule has 0 aliphatic heterocycles. The van der Waals surface area contributed by atoms with Gasteiger partial charge in [-0.2, -0.15) is 5.10 Å². The zero-order valence-corrected chi connectivity index (χ0v) is 19.5. The number of benzene rings is 4. The minimum Gasteiger partial charge on any atom is -0.350 e. The van der Waals surface area contributed by atoms with Gasteiger partial charge < -0.3 is 5.32 Å². The van der Waals surface area contributed by atoms with Crippen LogP contribution >= 0.6 is 0 Å². The molecule has 1 amide bonds. The molecule has 176 valence electrons. The second-order valence-corrected chi connectivity index (χ2v) is 8.74. The summed E-state index contributed by atoms with van der Waals surface area (Å²) in [6.07, 6.45) is 3.12. The van der Waals surface area contributed by atoms with Gasteiger partial charge in [0.05, 0.1) is 19.3 Å². The third kappa shape index (κ3) is 4.01. The van der Waals surface area contributed by atoms with Crippen LogP contribution in [0.5, 0.6) is 0 Å². The van der Waals surface area contributed by atoms with Crippen LogP contribution < -0.4 is 10.9 Å². The van der Waals surface area contributed by atoms with E-state index in [4.69, 9.17) is 0 Å². The number of nitrogens with zero attached hydrogens (tertiary/aromatic N) is 4. The van der Waals surface area contributed by atoms with Crippen LogP contribution in [-0.2, 0) is 13.1 Å². The molecule has 6 rings (SSSR count). The molecule has 0 bridgehead atoms. The first-order chi connectivity index (χ1) is 17.7. The topological polar surface area (TPSA) is 81.8 Å². The minimum absolute atomic E-state index is 0.139. The number of aromatic nitrogens is 4. The summed E-state index contributed by atoms with van der Waals surface area (Å²) in [5.41, 5.74) is 2.03. The van der Waals surface area contributed by atoms with Crippen molar-refractivity contribution in [1.82, 2.24) is 24.6 Å². The minimum atomic E-state index is -0.150. The third-order valence-electron chi connectivity index (χ3n) is 6.46. The zero-order chi connectivity index (χ0) is 24.5. The summed E-state index contributed by atoms with van der Waals surface area (Å²) < 4.78 is 3.26. The second-order valence-electron chi connectivity index (χ2n) is 8.74. The number of carbonyl (C=O) groups excluding carboxylic acids is 1. The Morgan fingerprint density at radius 3 is 2.50 bits per heavy atom. The van der Waals surface area contributed by atoms with E-state index in [1.807, 2.05) is 66.7 Å². The van der Waals surface area contributed by atoms with E-state index in [1.54, 1.807) is 21.8 Å². The molecule has 0 aliphatic rings. The SMILES string of the molecule is O=C(NCCn1ncc2c(=O)n(Cc3cccc4ccccc34)cnc21)c1ccc2ccccc2c1. The highest BCUT2D eigenvalue weighted by atomic mass is 16.1. The van der Waals surface area contributed by atoms with Crippen molar-refractivity contribution in [3.05, 3.63) is 119 Å². The zero-order valence-electron chi connectivity index (χ0n) is 19.5. The quantitative estimate of drug-likeness (QED) is 0.389. The average molecular weight is 474 g/mol. The molecule has 2 heterocycles. The Morgan fingerprint density at radius 1 is 0.833 bits per heavy atom. The van der Waals surface area contributed by atoms with Gasteiger partial charge in [-0.15, -0.1) is 0 Å². The predicted molar refractivity (Wildman–Crippen MR) is 141 cm³/mol. The van der Waals surface area contributed by atoms with Gasteiger partial charge in [0.15, 0.2) is 5.65 Å². The molecule has 0 unspecified atom stereocenters. The fourth-order valence-electron chi connectivity index (χ4n) is 4.60. The van der Waals surface area contributed by atoms with Crippen molar-refractivity contribution in [2.45, 2.75) is 13.1 Å². The van der Waals surface area contributed by atoms with Crippen molar-refractivity contribution in [3.8, 4) is 0 Å². The first kappa shape index (κ1) is 21.7. The highest BCUT2D eigenvalue weighted by molar-refractivity contribution is 5.98. The Hall–Kier alpha value is -4.78. The lowest BCUT2D eigenvalue weighted by molar-refractivity contribution is 0.0952. The van der Waals surface area contributed by atoms with Gasteiger partial charge in [-0.25, -0.2) is 9.67 Å². The van der Waals surface area contributed by atoms with Crippen molar-refractivity contribution in [2.24, 2.45) is 0 Å². The maximum absolute atomic E-state index is 13.2. The van der Waals surface area contributed by atoms with Crippen molar-refractivity contribution >= 4 is 38.5 Å². The number of hydrogen-bond donors (Lipinski definition) is 1. The van der Waals surface area contributed by atoms with Gasteiger partial charge in [0.2, 0.25) is 0 Å². The van der Waals surface area contributed by atoms with Gasteiger partial charge in [-0.1, -0.05) is 72.8 Å². The Kier molecular flexibility index (Phi) is 5.50. The van der Waals surface area contributed by atoms with E-state index in [0.717, 1.165) is 27.1 Å². The van der Waals surface area contributed by atoms with Crippen molar-refractivity contribution in [2.75, 3.05) is 6.54 Å². The molecule has 7 nitrogen and oxygen atoms in total. The predicted octanol–water partition coefficient (Wildman–Crippen LogP) is 4.38. The summed E-state index contributed by atoms with van der Waals surface area (Å²) in [4.78, 5) is 30.3. The van der Waals surface area contributed by atoms with Crippen LogP contribution in [0.1, 0.15) is 15.9 Å². The molecule has 2 aromatic heterocycles. The summed E-state index contributed by atoms with van der Waals surface area (Å²) in [5.74, 6) is -0.150. The molecule has 0 radical (unpaired) electrons. The highest BCUT2D eigenvalue weighted by Gasteiger charge is 2.12. The summed E-state index contributed by atoms with van der Waals surface area (Å²) >= 11 is 0. The molecule has 0 saturated carbocycles. The monoisotopic (exact) mass is 473 g/mol. The van der Waals surface area contributed by atoms with E-state index < -0.39 is 0 Å². The van der Waals surface area contributed by atoms with E-state index in [-0.39, 0.29) is 11.5 Å². The summed E-state index contributed by atoms with van der Waals surface area (Å²) in [7, 11) is 0. The van der Waals surface area contributed by atoms with Gasteiger partial charge in [-0.05, 0) is 39.2 Å². The van der Waals surface area contributed by atoms with E-state index in [2.05, 4.69) is 33.6 Å². The number of carbonyl (C=O) groups is 1. The first-order valence-corrected chi connectivity index (χ1v) is 11.8. The lowest BCUT2D eigenvalue weighted by atomic mass is 10.0. The van der Waals surface area contributed by atoms with Gasteiger partial charge in [0.1, 0.15) is 11.7 Å². The van der Waals surface area contributed by atoms with Crippen LogP contribution in [0.2, 0.25) is 0 Å². The number of rotatable bonds is 6. The molecule has 4 aromatic carbocycles. The van der Waals surface area contributed by atoms with Crippen molar-refractivity contribution < 1.29 is 4.79 Å². The lowest BCUT2D eigenvalue weighted by Crippen LogP contribution is -2.27. The average Bonchev–Trinajstić information content (AvgIpc) is 3.33. The van der Waals surface area contributed by atoms with Crippen LogP contribution in [0.4, 0.5) is 0 Å². The number of fused-ring (bicyclic) bond motifs is 3. The largest absolute Gasteiger partial charge is 0.350 e. The molecular formula is C29H23N5O2. The molecule has 0 aliphatic carbocycles. The van der Waals surface area contributed by atoms with Crippen LogP contribution in [0.15, 0.2) is 102 Å². The number of nitrogens with one attached hydrogen (secondary N) is 1.